The Labute approximate surface area is 110 Å². The minimum absolute atomic E-state index is 0.0281. The monoisotopic (exact) mass is 295 g/mol. The minimum atomic E-state index is -0.873. The fraction of sp³-hybridized carbons (Fsp3) is 0.308. The summed E-state index contributed by atoms with van der Waals surface area (Å²) in [5.74, 6) is 1.62. The number of nitrogens with zero attached hydrogens (tertiary/aromatic N) is 1. The highest BCUT2D eigenvalue weighted by Gasteiger charge is 2.17. The third kappa shape index (κ3) is 4.22. The molecule has 17 heavy (non-hydrogen) atoms. The molecule has 4 heteroatoms. The number of hydrogen-bond donors (Lipinski definition) is 1. The van der Waals surface area contributed by atoms with Gasteiger partial charge in [0, 0.05) is 10.5 Å². The van der Waals surface area contributed by atoms with E-state index in [0.717, 1.165) is 10.0 Å². The highest BCUT2D eigenvalue weighted by molar-refractivity contribution is 9.10. The summed E-state index contributed by atoms with van der Waals surface area (Å²) in [6.45, 7) is 2.21. The van der Waals surface area contributed by atoms with E-state index < -0.39 is 5.97 Å². The molecule has 3 nitrogen and oxygen atoms in total. The molecule has 0 saturated heterocycles. The van der Waals surface area contributed by atoms with E-state index in [-0.39, 0.29) is 12.6 Å². The van der Waals surface area contributed by atoms with Crippen molar-refractivity contribution < 1.29 is 9.90 Å². The number of carboxylic acids is 1. The van der Waals surface area contributed by atoms with Gasteiger partial charge < -0.3 is 5.11 Å². The first-order valence-electron chi connectivity index (χ1n) is 5.19. The lowest BCUT2D eigenvalue weighted by atomic mass is 10.1. The summed E-state index contributed by atoms with van der Waals surface area (Å²) in [5.41, 5.74) is 1.04. The Balaban J connectivity index is 2.87. The van der Waals surface area contributed by atoms with Crippen LogP contribution in [0, 0.1) is 12.3 Å². The molecule has 0 fully saturated rings. The predicted molar refractivity (Wildman–Crippen MR) is 70.6 cm³/mol. The largest absolute Gasteiger partial charge is 0.480 e. The van der Waals surface area contributed by atoms with Gasteiger partial charge in [-0.3, -0.25) is 9.69 Å². The van der Waals surface area contributed by atoms with Crippen LogP contribution < -0.4 is 0 Å². The number of rotatable bonds is 5. The van der Waals surface area contributed by atoms with Gasteiger partial charge in [0.25, 0.3) is 0 Å². The topological polar surface area (TPSA) is 40.5 Å². The Kier molecular flexibility index (Phi) is 5.20. The van der Waals surface area contributed by atoms with Crippen molar-refractivity contribution in [2.45, 2.75) is 13.0 Å². The Morgan fingerprint density at radius 2 is 2.35 bits per heavy atom. The Morgan fingerprint density at radius 3 is 2.88 bits per heavy atom. The van der Waals surface area contributed by atoms with Gasteiger partial charge in [0.1, 0.15) is 0 Å². The third-order valence-electron chi connectivity index (χ3n) is 2.51. The number of aliphatic carboxylic acids is 1. The normalized spacial score (nSPS) is 12.1. The molecule has 0 bridgehead atoms. The number of benzene rings is 1. The van der Waals surface area contributed by atoms with Gasteiger partial charge in [-0.1, -0.05) is 34.0 Å². The van der Waals surface area contributed by atoms with Crippen LogP contribution in [-0.4, -0.2) is 29.1 Å². The zero-order valence-corrected chi connectivity index (χ0v) is 11.1. The Hall–Kier alpha value is -1.31. The molecular formula is C13H14BrNO2. The fourth-order valence-electron chi connectivity index (χ4n) is 1.60. The molecule has 0 heterocycles. The van der Waals surface area contributed by atoms with Gasteiger partial charge in [0.2, 0.25) is 0 Å². The average molecular weight is 296 g/mol. The van der Waals surface area contributed by atoms with Crippen LogP contribution in [-0.2, 0) is 4.79 Å². The van der Waals surface area contributed by atoms with Crippen LogP contribution in [0.5, 0.6) is 0 Å². The van der Waals surface area contributed by atoms with Gasteiger partial charge in [0.05, 0.1) is 13.1 Å². The van der Waals surface area contributed by atoms with Gasteiger partial charge in [0.15, 0.2) is 0 Å². The molecular weight excluding hydrogens is 282 g/mol. The summed E-state index contributed by atoms with van der Waals surface area (Å²) in [4.78, 5) is 12.5. The Morgan fingerprint density at radius 1 is 1.65 bits per heavy atom. The molecule has 1 rings (SSSR count). The quantitative estimate of drug-likeness (QED) is 0.849. The van der Waals surface area contributed by atoms with Crippen molar-refractivity contribution in [1.82, 2.24) is 4.90 Å². The molecule has 1 aromatic rings. The summed E-state index contributed by atoms with van der Waals surface area (Å²) in [5, 5.41) is 8.84. The molecule has 1 atom stereocenters. The molecule has 0 aliphatic carbocycles. The van der Waals surface area contributed by atoms with Crippen LogP contribution in [0.1, 0.15) is 18.5 Å². The second-order valence-corrected chi connectivity index (χ2v) is 4.65. The zero-order valence-electron chi connectivity index (χ0n) is 9.56. The van der Waals surface area contributed by atoms with E-state index in [4.69, 9.17) is 11.5 Å². The average Bonchev–Trinajstić information content (AvgIpc) is 2.27. The number of hydrogen-bond acceptors (Lipinski definition) is 2. The van der Waals surface area contributed by atoms with Crippen molar-refractivity contribution >= 4 is 21.9 Å². The molecule has 1 aromatic carbocycles. The van der Waals surface area contributed by atoms with Crippen LogP contribution in [0.25, 0.3) is 0 Å². The molecule has 0 amide bonds. The highest BCUT2D eigenvalue weighted by Crippen LogP contribution is 2.22. The smallest absolute Gasteiger partial charge is 0.317 e. The molecule has 0 spiro atoms. The molecule has 0 radical (unpaired) electrons. The van der Waals surface area contributed by atoms with Gasteiger partial charge in [-0.2, -0.15) is 0 Å². The Bertz CT molecular complexity index is 439. The fourth-order valence-corrected chi connectivity index (χ4v) is 2.01. The standard InChI is InChI=1S/C13H14BrNO2/c1-3-7-15(9-13(16)17)10(2)11-5-4-6-12(14)8-11/h1,4-6,8,10H,7,9H2,2H3,(H,16,17). The van der Waals surface area contributed by atoms with Crippen LogP contribution in [0.2, 0.25) is 0 Å². The summed E-state index contributed by atoms with van der Waals surface area (Å²) < 4.78 is 0.970. The van der Waals surface area contributed by atoms with E-state index in [9.17, 15) is 4.79 Å². The second-order valence-electron chi connectivity index (χ2n) is 3.73. The number of carboxylic acid groups (broad SMARTS) is 1. The van der Waals surface area contributed by atoms with Crippen LogP contribution in [0.4, 0.5) is 0 Å². The summed E-state index contributed by atoms with van der Waals surface area (Å²) >= 11 is 3.39. The lowest BCUT2D eigenvalue weighted by molar-refractivity contribution is -0.138. The second kappa shape index (κ2) is 6.43. The lowest BCUT2D eigenvalue weighted by Crippen LogP contribution is -2.32. The molecule has 90 valence electrons. The van der Waals surface area contributed by atoms with E-state index >= 15 is 0 Å². The summed E-state index contributed by atoms with van der Waals surface area (Å²) in [6.07, 6.45) is 5.26. The van der Waals surface area contributed by atoms with Crippen molar-refractivity contribution in [2.24, 2.45) is 0 Å². The van der Waals surface area contributed by atoms with Gasteiger partial charge in [-0.05, 0) is 24.6 Å². The molecule has 1 N–H and O–H groups in total. The molecule has 1 unspecified atom stereocenters. The summed E-state index contributed by atoms with van der Waals surface area (Å²) in [6, 6.07) is 7.75. The van der Waals surface area contributed by atoms with Crippen molar-refractivity contribution in [1.29, 1.82) is 0 Å². The number of terminal acetylenes is 1. The van der Waals surface area contributed by atoms with E-state index in [1.54, 1.807) is 4.90 Å². The molecule has 0 aliphatic rings. The maximum absolute atomic E-state index is 10.8. The van der Waals surface area contributed by atoms with Crippen molar-refractivity contribution in [2.75, 3.05) is 13.1 Å². The van der Waals surface area contributed by atoms with Crippen LogP contribution in [0.15, 0.2) is 28.7 Å². The first-order valence-corrected chi connectivity index (χ1v) is 5.98. The van der Waals surface area contributed by atoms with Crippen molar-refractivity contribution in [3.05, 3.63) is 34.3 Å². The van der Waals surface area contributed by atoms with Gasteiger partial charge in [-0.15, -0.1) is 6.42 Å². The van der Waals surface area contributed by atoms with Gasteiger partial charge >= 0.3 is 5.97 Å². The van der Waals surface area contributed by atoms with Crippen molar-refractivity contribution in [3.8, 4) is 12.3 Å². The number of halogens is 1. The molecule has 0 aliphatic heterocycles. The van der Waals surface area contributed by atoms with Crippen LogP contribution >= 0.6 is 15.9 Å². The SMILES string of the molecule is C#CCN(CC(=O)O)C(C)c1cccc(Br)c1. The maximum Gasteiger partial charge on any atom is 0.317 e. The first-order chi connectivity index (χ1) is 8.04. The highest BCUT2D eigenvalue weighted by atomic mass is 79.9. The third-order valence-corrected chi connectivity index (χ3v) is 3.00. The van der Waals surface area contributed by atoms with E-state index in [0.29, 0.717) is 6.54 Å². The predicted octanol–water partition coefficient (Wildman–Crippen LogP) is 2.53. The van der Waals surface area contributed by atoms with E-state index in [2.05, 4.69) is 21.9 Å². The summed E-state index contributed by atoms with van der Waals surface area (Å²) in [7, 11) is 0. The first kappa shape index (κ1) is 13.8. The molecule has 0 saturated carbocycles. The van der Waals surface area contributed by atoms with Crippen molar-refractivity contribution in [3.63, 3.8) is 0 Å². The van der Waals surface area contributed by atoms with Crippen LogP contribution in [0.3, 0.4) is 0 Å². The van der Waals surface area contributed by atoms with E-state index in [1.807, 2.05) is 31.2 Å². The zero-order chi connectivity index (χ0) is 12.8. The maximum atomic E-state index is 10.8. The number of carbonyl (C=O) groups is 1. The molecule has 0 aromatic heterocycles. The minimum Gasteiger partial charge on any atom is -0.480 e. The van der Waals surface area contributed by atoms with Gasteiger partial charge in [-0.25, -0.2) is 0 Å². The van der Waals surface area contributed by atoms with E-state index in [1.165, 1.54) is 0 Å². The lowest BCUT2D eigenvalue weighted by Gasteiger charge is -2.25.